The van der Waals surface area contributed by atoms with Crippen molar-refractivity contribution in [3.63, 3.8) is 0 Å². The Hall–Kier alpha value is -2.35. The van der Waals surface area contributed by atoms with Crippen LogP contribution in [0.1, 0.15) is 12.5 Å². The molecule has 0 amide bonds. The van der Waals surface area contributed by atoms with Crippen molar-refractivity contribution in [1.29, 1.82) is 0 Å². The Bertz CT molecular complexity index is 488. The minimum atomic E-state index is 0.0378. The summed E-state index contributed by atoms with van der Waals surface area (Å²) in [5, 5.41) is 9.11. The summed E-state index contributed by atoms with van der Waals surface area (Å²) in [7, 11) is 0. The molecule has 1 rings (SSSR count). The molecule has 0 aromatic heterocycles. The van der Waals surface area contributed by atoms with Gasteiger partial charge in [-0.15, -0.1) is 0 Å². The lowest BCUT2D eigenvalue weighted by molar-refractivity contribution is -0.112. The van der Waals surface area contributed by atoms with E-state index in [9.17, 15) is 4.79 Å². The smallest absolute Gasteiger partial charge is 0.152 e. The van der Waals surface area contributed by atoms with Crippen LogP contribution in [0, 0.1) is 0 Å². The van der Waals surface area contributed by atoms with Crippen LogP contribution in [0.25, 0.3) is 6.08 Å². The zero-order chi connectivity index (χ0) is 13.2. The van der Waals surface area contributed by atoms with E-state index in [0.29, 0.717) is 0 Å². The number of phenols is 1. The van der Waals surface area contributed by atoms with Gasteiger partial charge < -0.3 is 5.11 Å². The predicted octanol–water partition coefficient (Wildman–Crippen LogP) is 3.66. The van der Waals surface area contributed by atoms with Gasteiger partial charge in [-0.25, -0.2) is 0 Å². The first kappa shape index (κ1) is 13.7. The number of carbonyl (C=O) groups is 1. The first-order valence-corrected chi connectivity index (χ1v) is 5.66. The van der Waals surface area contributed by atoms with Crippen molar-refractivity contribution in [2.75, 3.05) is 0 Å². The normalized spacial score (nSPS) is 12.3. The highest BCUT2D eigenvalue weighted by atomic mass is 16.3. The number of benzene rings is 1. The molecule has 0 aliphatic carbocycles. The topological polar surface area (TPSA) is 37.3 Å². The number of carbonyl (C=O) groups excluding carboxylic acids is 1. The van der Waals surface area contributed by atoms with Crippen molar-refractivity contribution in [3.05, 3.63) is 72.4 Å². The van der Waals surface area contributed by atoms with Crippen LogP contribution in [0.5, 0.6) is 5.75 Å². The van der Waals surface area contributed by atoms with Crippen LogP contribution in [-0.2, 0) is 4.79 Å². The zero-order valence-electron chi connectivity index (χ0n) is 10.3. The standard InChI is InChI=1S/C16H16O2/c1-14(17)8-6-4-2-3-5-7-9-15-10-12-16(18)13-11-15/h2-13,18H,1H3/b4-2+,5-3+,8-6+,9-7+. The number of allylic oxidation sites excluding steroid dienone is 7. The van der Waals surface area contributed by atoms with Gasteiger partial charge in [0, 0.05) is 0 Å². The number of phenolic OH excluding ortho intramolecular Hbond substituents is 1. The highest BCUT2D eigenvalue weighted by Crippen LogP contribution is 2.10. The monoisotopic (exact) mass is 240 g/mol. The SMILES string of the molecule is CC(=O)/C=C/C=C/C=C/C=C/c1ccc(O)cc1. The van der Waals surface area contributed by atoms with Crippen LogP contribution in [0.3, 0.4) is 0 Å². The molecule has 0 heterocycles. The summed E-state index contributed by atoms with van der Waals surface area (Å²) in [6, 6.07) is 6.97. The third-order valence-electron chi connectivity index (χ3n) is 2.07. The third kappa shape index (κ3) is 6.28. The Labute approximate surface area is 107 Å². The molecule has 1 N–H and O–H groups in total. The highest BCUT2D eigenvalue weighted by Gasteiger charge is 1.85. The lowest BCUT2D eigenvalue weighted by Crippen LogP contribution is -1.77. The maximum absolute atomic E-state index is 10.6. The largest absolute Gasteiger partial charge is 0.508 e. The Morgan fingerprint density at radius 1 is 0.944 bits per heavy atom. The number of aromatic hydroxyl groups is 1. The van der Waals surface area contributed by atoms with Gasteiger partial charge in [-0.1, -0.05) is 54.7 Å². The summed E-state index contributed by atoms with van der Waals surface area (Å²) in [4.78, 5) is 10.6. The molecular weight excluding hydrogens is 224 g/mol. The van der Waals surface area contributed by atoms with Crippen LogP contribution in [0.4, 0.5) is 0 Å². The van der Waals surface area contributed by atoms with Gasteiger partial charge >= 0.3 is 0 Å². The van der Waals surface area contributed by atoms with E-state index in [4.69, 9.17) is 5.11 Å². The third-order valence-corrected chi connectivity index (χ3v) is 2.07. The van der Waals surface area contributed by atoms with E-state index in [0.717, 1.165) is 5.56 Å². The van der Waals surface area contributed by atoms with E-state index < -0.39 is 0 Å². The summed E-state index contributed by atoms with van der Waals surface area (Å²) in [6.45, 7) is 1.51. The van der Waals surface area contributed by atoms with Crippen LogP contribution in [-0.4, -0.2) is 10.9 Å². The fraction of sp³-hybridized carbons (Fsp3) is 0.0625. The minimum absolute atomic E-state index is 0.0378. The molecular formula is C16H16O2. The molecule has 0 aliphatic rings. The Kier molecular flexibility index (Phi) is 5.98. The second-order valence-electron chi connectivity index (χ2n) is 3.69. The Morgan fingerprint density at radius 3 is 2.11 bits per heavy atom. The fourth-order valence-electron chi connectivity index (χ4n) is 1.20. The number of rotatable bonds is 5. The zero-order valence-corrected chi connectivity index (χ0v) is 10.3. The van der Waals surface area contributed by atoms with Gasteiger partial charge in [0.2, 0.25) is 0 Å². The Balaban J connectivity index is 2.40. The molecule has 0 fully saturated rings. The van der Waals surface area contributed by atoms with Crippen LogP contribution < -0.4 is 0 Å². The van der Waals surface area contributed by atoms with Gasteiger partial charge in [0.25, 0.3) is 0 Å². The van der Waals surface area contributed by atoms with Crippen LogP contribution in [0.15, 0.2) is 66.8 Å². The van der Waals surface area contributed by atoms with Crippen molar-refractivity contribution in [2.24, 2.45) is 0 Å². The second kappa shape index (κ2) is 7.85. The number of ketones is 1. The summed E-state index contributed by atoms with van der Waals surface area (Å²) in [6.07, 6.45) is 14.5. The molecule has 0 spiro atoms. The molecule has 0 atom stereocenters. The number of hydrogen-bond donors (Lipinski definition) is 1. The molecule has 18 heavy (non-hydrogen) atoms. The quantitative estimate of drug-likeness (QED) is 0.630. The maximum atomic E-state index is 10.6. The molecule has 0 bridgehead atoms. The van der Waals surface area contributed by atoms with E-state index in [2.05, 4.69) is 0 Å². The molecule has 2 nitrogen and oxygen atoms in total. The van der Waals surface area contributed by atoms with Gasteiger partial charge in [0.05, 0.1) is 0 Å². The average molecular weight is 240 g/mol. The summed E-state index contributed by atoms with van der Waals surface area (Å²) >= 11 is 0. The van der Waals surface area contributed by atoms with E-state index in [-0.39, 0.29) is 11.5 Å². The first-order chi connectivity index (χ1) is 8.68. The molecule has 92 valence electrons. The Morgan fingerprint density at radius 2 is 1.50 bits per heavy atom. The van der Waals surface area contributed by atoms with Gasteiger partial charge in [-0.05, 0) is 30.7 Å². The van der Waals surface area contributed by atoms with Crippen molar-refractivity contribution < 1.29 is 9.90 Å². The molecule has 1 aromatic carbocycles. The molecule has 0 radical (unpaired) electrons. The van der Waals surface area contributed by atoms with Crippen molar-refractivity contribution in [2.45, 2.75) is 6.92 Å². The first-order valence-electron chi connectivity index (χ1n) is 5.66. The minimum Gasteiger partial charge on any atom is -0.508 e. The fourth-order valence-corrected chi connectivity index (χ4v) is 1.20. The van der Waals surface area contributed by atoms with Gasteiger partial charge in [0.1, 0.15) is 5.75 Å². The van der Waals surface area contributed by atoms with E-state index in [1.165, 1.54) is 13.0 Å². The average Bonchev–Trinajstić information content (AvgIpc) is 2.34. The van der Waals surface area contributed by atoms with Crippen LogP contribution in [0.2, 0.25) is 0 Å². The lowest BCUT2D eigenvalue weighted by Gasteiger charge is -1.92. The van der Waals surface area contributed by atoms with E-state index in [1.807, 2.05) is 42.5 Å². The molecule has 0 aliphatic heterocycles. The lowest BCUT2D eigenvalue weighted by atomic mass is 10.2. The van der Waals surface area contributed by atoms with Crippen LogP contribution >= 0.6 is 0 Å². The van der Waals surface area contributed by atoms with Crippen molar-refractivity contribution >= 4 is 11.9 Å². The number of hydrogen-bond acceptors (Lipinski definition) is 2. The van der Waals surface area contributed by atoms with E-state index >= 15 is 0 Å². The highest BCUT2D eigenvalue weighted by molar-refractivity contribution is 5.87. The molecule has 1 aromatic rings. The summed E-state index contributed by atoms with van der Waals surface area (Å²) in [5.74, 6) is 0.304. The molecule has 0 saturated heterocycles. The molecule has 0 saturated carbocycles. The van der Waals surface area contributed by atoms with Crippen molar-refractivity contribution in [1.82, 2.24) is 0 Å². The second-order valence-corrected chi connectivity index (χ2v) is 3.69. The maximum Gasteiger partial charge on any atom is 0.152 e. The summed E-state index contributed by atoms with van der Waals surface area (Å²) < 4.78 is 0. The molecule has 2 heteroatoms. The summed E-state index contributed by atoms with van der Waals surface area (Å²) in [5.41, 5.74) is 1.03. The van der Waals surface area contributed by atoms with Gasteiger partial charge in [0.15, 0.2) is 5.78 Å². The van der Waals surface area contributed by atoms with Gasteiger partial charge in [-0.2, -0.15) is 0 Å². The molecule has 0 unspecified atom stereocenters. The predicted molar refractivity (Wildman–Crippen MR) is 75.2 cm³/mol. The van der Waals surface area contributed by atoms with E-state index in [1.54, 1.807) is 24.3 Å². The van der Waals surface area contributed by atoms with Crippen molar-refractivity contribution in [3.8, 4) is 5.75 Å². The van der Waals surface area contributed by atoms with Gasteiger partial charge in [-0.3, -0.25) is 4.79 Å².